The zero-order valence-electron chi connectivity index (χ0n) is 15.0. The van der Waals surface area contributed by atoms with Gasteiger partial charge >= 0.3 is 0 Å². The van der Waals surface area contributed by atoms with Gasteiger partial charge in [0.2, 0.25) is 0 Å². The average Bonchev–Trinajstić information content (AvgIpc) is 2.65. The molecule has 2 aliphatic rings. The van der Waals surface area contributed by atoms with Gasteiger partial charge in [-0.15, -0.1) is 0 Å². The molecule has 6 nitrogen and oxygen atoms in total. The minimum absolute atomic E-state index is 0.271. The molecule has 0 aromatic heterocycles. The summed E-state index contributed by atoms with van der Waals surface area (Å²) in [6.45, 7) is 0. The molecule has 142 valence electrons. The van der Waals surface area contributed by atoms with Crippen LogP contribution in [0, 0.1) is 0 Å². The van der Waals surface area contributed by atoms with Gasteiger partial charge in [0, 0.05) is 0 Å². The molecule has 0 unspecified atom stereocenters. The van der Waals surface area contributed by atoms with Crippen molar-refractivity contribution in [2.45, 2.75) is 75.7 Å². The predicted octanol–water partition coefficient (Wildman–Crippen LogP) is 1.75. The monoisotopic (exact) mass is 360 g/mol. The molecular formula is C20H28N2O4. The van der Waals surface area contributed by atoms with Crippen molar-refractivity contribution < 1.29 is 19.8 Å². The minimum atomic E-state index is -0.536. The second-order valence-electron chi connectivity index (χ2n) is 7.41. The Labute approximate surface area is 154 Å². The third-order valence-corrected chi connectivity index (χ3v) is 5.51. The molecular weight excluding hydrogens is 332 g/mol. The maximum absolute atomic E-state index is 12.7. The number of benzene rings is 1. The summed E-state index contributed by atoms with van der Waals surface area (Å²) in [5.74, 6) is -0.684. The van der Waals surface area contributed by atoms with E-state index in [2.05, 4.69) is 10.6 Å². The zero-order chi connectivity index (χ0) is 18.5. The van der Waals surface area contributed by atoms with E-state index in [1.54, 1.807) is 24.3 Å². The summed E-state index contributed by atoms with van der Waals surface area (Å²) in [7, 11) is 0. The second-order valence-corrected chi connectivity index (χ2v) is 7.41. The van der Waals surface area contributed by atoms with Crippen LogP contribution < -0.4 is 10.6 Å². The summed E-state index contributed by atoms with van der Waals surface area (Å²) < 4.78 is 0. The van der Waals surface area contributed by atoms with Crippen LogP contribution in [0.4, 0.5) is 0 Å². The Hall–Kier alpha value is -1.92. The van der Waals surface area contributed by atoms with Gasteiger partial charge in [-0.05, 0) is 37.8 Å². The van der Waals surface area contributed by atoms with Gasteiger partial charge in [-0.1, -0.05) is 37.8 Å². The van der Waals surface area contributed by atoms with Gasteiger partial charge in [0.25, 0.3) is 11.8 Å². The molecule has 1 aromatic carbocycles. The Morgan fingerprint density at radius 2 is 1.12 bits per heavy atom. The normalized spacial score (nSPS) is 29.0. The van der Waals surface area contributed by atoms with Gasteiger partial charge in [-0.25, -0.2) is 0 Å². The van der Waals surface area contributed by atoms with Crippen molar-refractivity contribution in [3.05, 3.63) is 35.4 Å². The van der Waals surface area contributed by atoms with E-state index in [-0.39, 0.29) is 23.9 Å². The van der Waals surface area contributed by atoms with E-state index in [1.165, 1.54) is 0 Å². The highest BCUT2D eigenvalue weighted by molar-refractivity contribution is 6.07. The number of hydrogen-bond acceptors (Lipinski definition) is 4. The fourth-order valence-electron chi connectivity index (χ4n) is 3.93. The fraction of sp³-hybridized carbons (Fsp3) is 0.600. The lowest BCUT2D eigenvalue weighted by Crippen LogP contribution is -2.47. The summed E-state index contributed by atoms with van der Waals surface area (Å²) in [6.07, 6.45) is 5.68. The number of hydrogen-bond donors (Lipinski definition) is 4. The first-order valence-corrected chi connectivity index (χ1v) is 9.63. The van der Waals surface area contributed by atoms with Crippen LogP contribution in [0.1, 0.15) is 72.1 Å². The summed E-state index contributed by atoms with van der Waals surface area (Å²) in [6, 6.07) is 6.14. The third kappa shape index (κ3) is 4.43. The highest BCUT2D eigenvalue weighted by Gasteiger charge is 2.28. The average molecular weight is 360 g/mol. The summed E-state index contributed by atoms with van der Waals surface area (Å²) in [4.78, 5) is 25.4. The van der Waals surface area contributed by atoms with Gasteiger partial charge < -0.3 is 20.8 Å². The molecule has 0 spiro atoms. The van der Waals surface area contributed by atoms with E-state index in [0.29, 0.717) is 24.0 Å². The summed E-state index contributed by atoms with van der Waals surface area (Å²) in [5.41, 5.74) is 0.598. The van der Waals surface area contributed by atoms with Crippen LogP contribution >= 0.6 is 0 Å². The topological polar surface area (TPSA) is 98.7 Å². The smallest absolute Gasteiger partial charge is 0.252 e. The molecule has 6 heteroatoms. The quantitative estimate of drug-likeness (QED) is 0.657. The molecule has 2 amide bonds. The minimum Gasteiger partial charge on any atom is -0.391 e. The lowest BCUT2D eigenvalue weighted by Gasteiger charge is -2.29. The van der Waals surface area contributed by atoms with Crippen LogP contribution in [0.15, 0.2) is 24.3 Å². The molecule has 4 N–H and O–H groups in total. The zero-order valence-corrected chi connectivity index (χ0v) is 15.0. The van der Waals surface area contributed by atoms with Gasteiger partial charge in [0.05, 0.1) is 35.4 Å². The highest BCUT2D eigenvalue weighted by atomic mass is 16.3. The molecule has 2 aliphatic carbocycles. The number of carbonyl (C=O) groups is 2. The Morgan fingerprint density at radius 1 is 0.731 bits per heavy atom. The third-order valence-electron chi connectivity index (χ3n) is 5.51. The molecule has 1 aromatic rings. The van der Waals surface area contributed by atoms with Crippen molar-refractivity contribution in [2.24, 2.45) is 0 Å². The van der Waals surface area contributed by atoms with Crippen molar-refractivity contribution >= 4 is 11.8 Å². The molecule has 2 saturated carbocycles. The first-order chi connectivity index (χ1) is 12.6. The van der Waals surface area contributed by atoms with Crippen LogP contribution in [0.3, 0.4) is 0 Å². The van der Waals surface area contributed by atoms with Gasteiger partial charge in [0.15, 0.2) is 0 Å². The van der Waals surface area contributed by atoms with Gasteiger partial charge in [-0.3, -0.25) is 9.59 Å². The van der Waals surface area contributed by atoms with Gasteiger partial charge in [0.1, 0.15) is 0 Å². The molecule has 26 heavy (non-hydrogen) atoms. The van der Waals surface area contributed by atoms with Crippen molar-refractivity contribution in [3.8, 4) is 0 Å². The van der Waals surface area contributed by atoms with Crippen LogP contribution in [0.2, 0.25) is 0 Å². The number of aliphatic hydroxyl groups excluding tert-OH is 2. The van der Waals surface area contributed by atoms with Crippen LogP contribution in [-0.4, -0.2) is 46.3 Å². The SMILES string of the molecule is O=C(N[C@@H]1CCCC[C@H]1O)c1ccccc1C(=O)N[C@@H]1CCCC[C@@H]1O. The van der Waals surface area contributed by atoms with Gasteiger partial charge in [-0.2, -0.15) is 0 Å². The molecule has 0 heterocycles. The molecule has 3 rings (SSSR count). The predicted molar refractivity (Wildman–Crippen MR) is 97.9 cm³/mol. The van der Waals surface area contributed by atoms with Crippen molar-refractivity contribution in [3.63, 3.8) is 0 Å². The largest absolute Gasteiger partial charge is 0.391 e. The standard InChI is InChI=1S/C20H28N2O4/c23-17-11-5-3-9-15(17)21-19(25)13-7-1-2-8-14(13)20(26)22-16-10-4-6-12-18(16)24/h1-2,7-8,15-18,23-24H,3-6,9-12H2,(H,21,25)(H,22,26)/t15-,16-,17-,18+/m1/s1. The maximum Gasteiger partial charge on any atom is 0.252 e. The number of nitrogens with one attached hydrogen (secondary N) is 2. The van der Waals surface area contributed by atoms with Crippen molar-refractivity contribution in [1.29, 1.82) is 0 Å². The fourth-order valence-corrected chi connectivity index (χ4v) is 3.93. The van der Waals surface area contributed by atoms with E-state index in [9.17, 15) is 19.8 Å². The first kappa shape index (κ1) is 18.9. The maximum atomic E-state index is 12.7. The number of aliphatic hydroxyl groups is 2. The summed E-state index contributed by atoms with van der Waals surface area (Å²) in [5, 5.41) is 25.9. The molecule has 0 radical (unpaired) electrons. The van der Waals surface area contributed by atoms with E-state index in [4.69, 9.17) is 0 Å². The van der Waals surface area contributed by atoms with Crippen LogP contribution in [-0.2, 0) is 0 Å². The Bertz CT molecular complexity index is 593. The molecule has 0 saturated heterocycles. The number of rotatable bonds is 4. The van der Waals surface area contributed by atoms with E-state index in [1.807, 2.05) is 0 Å². The first-order valence-electron chi connectivity index (χ1n) is 9.63. The summed E-state index contributed by atoms with van der Waals surface area (Å²) >= 11 is 0. The van der Waals surface area contributed by atoms with Crippen molar-refractivity contribution in [2.75, 3.05) is 0 Å². The number of amides is 2. The van der Waals surface area contributed by atoms with Crippen molar-refractivity contribution in [1.82, 2.24) is 10.6 Å². The molecule has 4 atom stereocenters. The molecule has 0 aliphatic heterocycles. The van der Waals surface area contributed by atoms with E-state index >= 15 is 0 Å². The Morgan fingerprint density at radius 3 is 1.50 bits per heavy atom. The van der Waals surface area contributed by atoms with Crippen LogP contribution in [0.25, 0.3) is 0 Å². The number of carbonyl (C=O) groups excluding carboxylic acids is 2. The Kier molecular flexibility index (Phi) is 6.27. The highest BCUT2D eigenvalue weighted by Crippen LogP contribution is 2.21. The van der Waals surface area contributed by atoms with Crippen LogP contribution in [0.5, 0.6) is 0 Å². The van der Waals surface area contributed by atoms with E-state index in [0.717, 1.165) is 38.5 Å². The second kappa shape index (κ2) is 8.64. The molecule has 2 fully saturated rings. The lowest BCUT2D eigenvalue weighted by atomic mass is 9.91. The Balaban J connectivity index is 1.70. The van der Waals surface area contributed by atoms with E-state index < -0.39 is 12.2 Å². The lowest BCUT2D eigenvalue weighted by molar-refractivity contribution is 0.0696. The molecule has 0 bridgehead atoms.